The third-order valence-corrected chi connectivity index (χ3v) is 4.84. The molecule has 0 aliphatic rings. The summed E-state index contributed by atoms with van der Waals surface area (Å²) >= 11 is 0. The van der Waals surface area contributed by atoms with Crippen LogP contribution in [0.5, 0.6) is 5.75 Å². The number of fused-ring (bicyclic) bond motifs is 1. The van der Waals surface area contributed by atoms with Crippen LogP contribution < -0.4 is 4.90 Å². The van der Waals surface area contributed by atoms with Crippen LogP contribution in [0.1, 0.15) is 37.9 Å². The van der Waals surface area contributed by atoms with Gasteiger partial charge in [0.25, 0.3) is 0 Å². The van der Waals surface area contributed by atoms with Crippen LogP contribution in [0.25, 0.3) is 22.0 Å². The van der Waals surface area contributed by atoms with E-state index < -0.39 is 0 Å². The minimum atomic E-state index is 0.275. The van der Waals surface area contributed by atoms with E-state index in [1.165, 1.54) is 11.1 Å². The summed E-state index contributed by atoms with van der Waals surface area (Å²) in [7, 11) is 0. The van der Waals surface area contributed by atoms with Crippen LogP contribution in [-0.2, 0) is 0 Å². The molecule has 0 fully saturated rings. The molecule has 0 saturated heterocycles. The van der Waals surface area contributed by atoms with E-state index in [1.54, 1.807) is 6.07 Å². The fourth-order valence-electron chi connectivity index (χ4n) is 3.72. The molecule has 0 aliphatic heterocycles. The lowest BCUT2D eigenvalue weighted by molar-refractivity contribution is 0.475. The summed E-state index contributed by atoms with van der Waals surface area (Å²) < 4.78 is 0. The Hall–Kier alpha value is -2.55. The molecule has 0 saturated carbocycles. The smallest absolute Gasteiger partial charge is 0.116 e. The Bertz CT molecular complexity index is 911. The summed E-state index contributed by atoms with van der Waals surface area (Å²) in [6, 6.07) is 14.0. The van der Waals surface area contributed by atoms with E-state index in [0.29, 0.717) is 0 Å². The Morgan fingerprint density at radius 3 is 2.23 bits per heavy atom. The van der Waals surface area contributed by atoms with Crippen LogP contribution in [0, 0.1) is 13.8 Å². The molecule has 3 aromatic rings. The van der Waals surface area contributed by atoms with Gasteiger partial charge in [-0.25, -0.2) is 0 Å². The number of hydrogen-bond donors (Lipinski definition) is 1. The number of phenolic OH excluding ortho intramolecular Hbond substituents is 1. The number of pyridine rings is 1. The number of hydrogen-bond acceptors (Lipinski definition) is 3. The molecule has 136 valence electrons. The first-order valence-corrected chi connectivity index (χ1v) is 9.51. The molecule has 3 nitrogen and oxygen atoms in total. The molecular weight excluding hydrogens is 320 g/mol. The van der Waals surface area contributed by atoms with Crippen molar-refractivity contribution >= 4 is 16.5 Å². The Labute approximate surface area is 156 Å². The molecule has 0 bridgehead atoms. The van der Waals surface area contributed by atoms with Gasteiger partial charge in [-0.3, -0.25) is 4.98 Å². The molecule has 3 rings (SSSR count). The minimum Gasteiger partial charge on any atom is -0.508 e. The zero-order valence-electron chi connectivity index (χ0n) is 16.2. The monoisotopic (exact) mass is 348 g/mol. The van der Waals surface area contributed by atoms with Gasteiger partial charge in [-0.1, -0.05) is 44.2 Å². The summed E-state index contributed by atoms with van der Waals surface area (Å²) in [6.07, 6.45) is 2.22. The summed E-state index contributed by atoms with van der Waals surface area (Å²) in [5, 5.41) is 12.4. The number of phenols is 1. The van der Waals surface area contributed by atoms with E-state index in [2.05, 4.69) is 56.9 Å². The summed E-state index contributed by atoms with van der Waals surface area (Å²) in [6.45, 7) is 10.7. The van der Waals surface area contributed by atoms with Crippen molar-refractivity contribution in [3.05, 3.63) is 53.7 Å². The zero-order valence-corrected chi connectivity index (χ0v) is 16.2. The summed E-state index contributed by atoms with van der Waals surface area (Å²) in [5.74, 6) is 0.275. The number of anilines is 1. The highest BCUT2D eigenvalue weighted by Gasteiger charge is 2.18. The van der Waals surface area contributed by atoms with Crippen molar-refractivity contribution in [2.24, 2.45) is 0 Å². The van der Waals surface area contributed by atoms with Gasteiger partial charge in [0.05, 0.1) is 17.1 Å². The van der Waals surface area contributed by atoms with Crippen molar-refractivity contribution in [3.8, 4) is 17.0 Å². The molecule has 0 spiro atoms. The summed E-state index contributed by atoms with van der Waals surface area (Å²) in [4.78, 5) is 7.47. The molecule has 3 heteroatoms. The number of aryl methyl sites for hydroxylation is 2. The first kappa shape index (κ1) is 18.2. The second-order valence-electron chi connectivity index (χ2n) is 6.93. The lowest BCUT2D eigenvalue weighted by Gasteiger charge is -2.27. The topological polar surface area (TPSA) is 36.4 Å². The van der Waals surface area contributed by atoms with Gasteiger partial charge >= 0.3 is 0 Å². The average Bonchev–Trinajstić information content (AvgIpc) is 2.63. The van der Waals surface area contributed by atoms with Gasteiger partial charge in [-0.15, -0.1) is 0 Å². The normalized spacial score (nSPS) is 11.1. The fourth-order valence-corrected chi connectivity index (χ4v) is 3.72. The van der Waals surface area contributed by atoms with Crippen LogP contribution in [0.4, 0.5) is 5.69 Å². The number of aromatic hydroxyl groups is 1. The van der Waals surface area contributed by atoms with Gasteiger partial charge in [0.1, 0.15) is 5.75 Å². The third kappa shape index (κ3) is 3.39. The van der Waals surface area contributed by atoms with Gasteiger partial charge < -0.3 is 10.0 Å². The highest BCUT2D eigenvalue weighted by atomic mass is 16.3. The largest absolute Gasteiger partial charge is 0.508 e. The maximum absolute atomic E-state index is 9.99. The van der Waals surface area contributed by atoms with E-state index in [4.69, 9.17) is 4.98 Å². The van der Waals surface area contributed by atoms with Crippen LogP contribution in [0.3, 0.4) is 0 Å². The average molecular weight is 348 g/mol. The van der Waals surface area contributed by atoms with Crippen molar-refractivity contribution in [2.75, 3.05) is 18.0 Å². The predicted molar refractivity (Wildman–Crippen MR) is 111 cm³/mol. The van der Waals surface area contributed by atoms with Gasteiger partial charge in [-0.05, 0) is 44.4 Å². The fraction of sp³-hybridized carbons (Fsp3) is 0.348. The molecule has 1 N–H and O–H groups in total. The van der Waals surface area contributed by atoms with Crippen molar-refractivity contribution < 1.29 is 5.11 Å². The molecule has 0 radical (unpaired) electrons. The lowest BCUT2D eigenvalue weighted by Crippen LogP contribution is -2.26. The lowest BCUT2D eigenvalue weighted by atomic mass is 9.97. The SMILES string of the molecule is CCCN(CCC)c1c(C)nc(-c2cc(O)ccc2C)c2ccccc12. The van der Waals surface area contributed by atoms with Gasteiger partial charge in [0.2, 0.25) is 0 Å². The van der Waals surface area contributed by atoms with Crippen molar-refractivity contribution in [1.82, 2.24) is 4.98 Å². The first-order valence-electron chi connectivity index (χ1n) is 9.51. The second kappa shape index (κ2) is 7.77. The van der Waals surface area contributed by atoms with Crippen LogP contribution in [-0.4, -0.2) is 23.2 Å². The highest BCUT2D eigenvalue weighted by molar-refractivity contribution is 6.03. The van der Waals surface area contributed by atoms with Crippen molar-refractivity contribution in [2.45, 2.75) is 40.5 Å². The zero-order chi connectivity index (χ0) is 18.7. The molecule has 0 aliphatic carbocycles. The van der Waals surface area contributed by atoms with Gasteiger partial charge in [0, 0.05) is 29.4 Å². The Balaban J connectivity index is 2.29. The molecule has 2 aromatic carbocycles. The molecule has 26 heavy (non-hydrogen) atoms. The second-order valence-corrected chi connectivity index (χ2v) is 6.93. The molecule has 0 atom stereocenters. The quantitative estimate of drug-likeness (QED) is 0.607. The molecular formula is C23H28N2O. The minimum absolute atomic E-state index is 0.275. The molecule has 0 amide bonds. The van der Waals surface area contributed by atoms with Crippen molar-refractivity contribution in [3.63, 3.8) is 0 Å². The first-order chi connectivity index (χ1) is 12.6. The van der Waals surface area contributed by atoms with E-state index in [1.807, 2.05) is 12.1 Å². The Kier molecular flexibility index (Phi) is 5.46. The van der Waals surface area contributed by atoms with Gasteiger partial charge in [0.15, 0.2) is 0 Å². The van der Waals surface area contributed by atoms with Crippen LogP contribution in [0.2, 0.25) is 0 Å². The standard InChI is InChI=1S/C23H28N2O/c1-5-13-25(14-6-2)23-17(4)24-22(19-9-7-8-10-20(19)23)21-15-18(26)12-11-16(21)3/h7-12,15,26H,5-6,13-14H2,1-4H3. The van der Waals surface area contributed by atoms with E-state index in [-0.39, 0.29) is 5.75 Å². The maximum Gasteiger partial charge on any atom is 0.116 e. The van der Waals surface area contributed by atoms with Crippen LogP contribution >= 0.6 is 0 Å². The summed E-state index contributed by atoms with van der Waals surface area (Å²) in [5.41, 5.74) is 5.34. The Morgan fingerprint density at radius 1 is 0.923 bits per heavy atom. The number of aromatic nitrogens is 1. The number of rotatable bonds is 6. The number of nitrogens with zero attached hydrogens (tertiary/aromatic N) is 2. The van der Waals surface area contributed by atoms with Crippen LogP contribution in [0.15, 0.2) is 42.5 Å². The molecule has 0 unspecified atom stereocenters. The molecule has 1 heterocycles. The molecule has 1 aromatic heterocycles. The predicted octanol–water partition coefficient (Wildman–Crippen LogP) is 5.85. The van der Waals surface area contributed by atoms with Crippen molar-refractivity contribution in [1.29, 1.82) is 0 Å². The maximum atomic E-state index is 9.99. The van der Waals surface area contributed by atoms with E-state index >= 15 is 0 Å². The van der Waals surface area contributed by atoms with Gasteiger partial charge in [-0.2, -0.15) is 0 Å². The number of benzene rings is 2. The Morgan fingerprint density at radius 2 is 1.58 bits per heavy atom. The highest BCUT2D eigenvalue weighted by Crippen LogP contribution is 2.37. The van der Waals surface area contributed by atoms with E-state index in [9.17, 15) is 5.11 Å². The third-order valence-electron chi connectivity index (χ3n) is 4.84. The van der Waals surface area contributed by atoms with E-state index in [0.717, 1.165) is 53.8 Å².